The van der Waals surface area contributed by atoms with Crippen molar-refractivity contribution in [3.8, 4) is 0 Å². The largest absolute Gasteiger partial charge is 0.512 e. The van der Waals surface area contributed by atoms with E-state index in [0.29, 0.717) is 6.21 Å². The Morgan fingerprint density at radius 1 is 1.31 bits per heavy atom. The van der Waals surface area contributed by atoms with Gasteiger partial charge in [0.2, 0.25) is 0 Å². The molecule has 26 heavy (non-hydrogen) atoms. The second kappa shape index (κ2) is 8.06. The summed E-state index contributed by atoms with van der Waals surface area (Å²) >= 11 is 0. The van der Waals surface area contributed by atoms with Gasteiger partial charge in [-0.1, -0.05) is 0 Å². The SMILES string of the molecule is CCOC(=O)C(/C=N/Nc1ncc(C(F)(F)F)cc1C(F)(F)F)=C(\C)O. The molecule has 0 saturated carbocycles. The van der Waals surface area contributed by atoms with Crippen LogP contribution in [0, 0.1) is 0 Å². The summed E-state index contributed by atoms with van der Waals surface area (Å²) < 4.78 is 81.1. The van der Waals surface area contributed by atoms with Crippen molar-refractivity contribution in [1.82, 2.24) is 4.98 Å². The predicted molar refractivity (Wildman–Crippen MR) is 78.3 cm³/mol. The summed E-state index contributed by atoms with van der Waals surface area (Å²) in [6.45, 7) is 2.56. The minimum Gasteiger partial charge on any atom is -0.512 e. The number of esters is 1. The van der Waals surface area contributed by atoms with Gasteiger partial charge in [0.1, 0.15) is 16.9 Å². The van der Waals surface area contributed by atoms with E-state index in [9.17, 15) is 36.2 Å². The lowest BCUT2D eigenvalue weighted by Crippen LogP contribution is -2.15. The third kappa shape index (κ3) is 5.63. The summed E-state index contributed by atoms with van der Waals surface area (Å²) in [5.74, 6) is -2.53. The fourth-order valence-electron chi connectivity index (χ4n) is 1.59. The van der Waals surface area contributed by atoms with Crippen molar-refractivity contribution in [2.24, 2.45) is 5.10 Å². The molecule has 2 N–H and O–H groups in total. The number of carbonyl (C=O) groups is 1. The van der Waals surface area contributed by atoms with Gasteiger partial charge in [0.25, 0.3) is 0 Å². The number of alkyl halides is 6. The van der Waals surface area contributed by atoms with Crippen molar-refractivity contribution in [3.63, 3.8) is 0 Å². The number of allylic oxidation sites excluding steroid dienone is 1. The van der Waals surface area contributed by atoms with Crippen molar-refractivity contribution in [2.45, 2.75) is 26.2 Å². The molecule has 144 valence electrons. The van der Waals surface area contributed by atoms with Gasteiger partial charge in [0.05, 0.1) is 18.4 Å². The van der Waals surface area contributed by atoms with Gasteiger partial charge < -0.3 is 9.84 Å². The van der Waals surface area contributed by atoms with Gasteiger partial charge in [-0.25, -0.2) is 9.78 Å². The van der Waals surface area contributed by atoms with Gasteiger partial charge in [0.15, 0.2) is 5.82 Å². The Bertz CT molecular complexity index is 722. The highest BCUT2D eigenvalue weighted by Crippen LogP contribution is 2.38. The Balaban J connectivity index is 3.17. The minimum absolute atomic E-state index is 0.0322. The molecule has 0 radical (unpaired) electrons. The summed E-state index contributed by atoms with van der Waals surface area (Å²) in [6, 6.07) is -0.121. The monoisotopic (exact) mass is 385 g/mol. The Morgan fingerprint density at radius 2 is 1.92 bits per heavy atom. The number of hydrogen-bond acceptors (Lipinski definition) is 6. The van der Waals surface area contributed by atoms with Crippen LogP contribution in [0.1, 0.15) is 25.0 Å². The molecule has 0 atom stereocenters. The van der Waals surface area contributed by atoms with Crippen LogP contribution < -0.4 is 5.43 Å². The van der Waals surface area contributed by atoms with Crippen molar-refractivity contribution >= 4 is 18.0 Å². The van der Waals surface area contributed by atoms with E-state index in [2.05, 4.69) is 14.8 Å². The topological polar surface area (TPSA) is 83.8 Å². The Labute approximate surface area is 143 Å². The Hall–Kier alpha value is -2.79. The molecule has 0 fully saturated rings. The average Bonchev–Trinajstić information content (AvgIpc) is 2.49. The minimum atomic E-state index is -5.14. The van der Waals surface area contributed by atoms with E-state index in [1.54, 1.807) is 5.43 Å². The molecule has 0 aliphatic rings. The summed E-state index contributed by atoms with van der Waals surface area (Å²) in [6.07, 6.45) is -9.29. The quantitative estimate of drug-likeness (QED) is 0.201. The van der Waals surface area contributed by atoms with Gasteiger partial charge in [-0.3, -0.25) is 5.43 Å². The maximum Gasteiger partial charge on any atom is 0.420 e. The average molecular weight is 385 g/mol. The molecule has 0 saturated heterocycles. The number of carbonyl (C=O) groups excluding carboxylic acids is 1. The summed E-state index contributed by atoms with van der Waals surface area (Å²) in [5, 5.41) is 12.7. The van der Waals surface area contributed by atoms with Crippen LogP contribution in [0.15, 0.2) is 28.7 Å². The van der Waals surface area contributed by atoms with Gasteiger partial charge in [-0.15, -0.1) is 0 Å². The molecule has 0 aliphatic heterocycles. The van der Waals surface area contributed by atoms with Crippen LogP contribution in [0.25, 0.3) is 0 Å². The summed E-state index contributed by atoms with van der Waals surface area (Å²) in [4.78, 5) is 14.6. The van der Waals surface area contributed by atoms with Crippen LogP contribution in [-0.4, -0.2) is 28.9 Å². The van der Waals surface area contributed by atoms with Gasteiger partial charge >= 0.3 is 18.3 Å². The third-order valence-electron chi connectivity index (χ3n) is 2.77. The highest BCUT2D eigenvalue weighted by atomic mass is 19.4. The lowest BCUT2D eigenvalue weighted by Gasteiger charge is -2.14. The van der Waals surface area contributed by atoms with Crippen LogP contribution in [0.2, 0.25) is 0 Å². The van der Waals surface area contributed by atoms with E-state index in [1.807, 2.05) is 0 Å². The molecule has 12 heteroatoms. The fourth-order valence-corrected chi connectivity index (χ4v) is 1.59. The smallest absolute Gasteiger partial charge is 0.420 e. The van der Waals surface area contributed by atoms with E-state index in [1.165, 1.54) is 6.92 Å². The van der Waals surface area contributed by atoms with E-state index in [-0.39, 0.29) is 18.9 Å². The second-order valence-electron chi connectivity index (χ2n) is 4.71. The van der Waals surface area contributed by atoms with E-state index in [0.717, 1.165) is 6.92 Å². The second-order valence-corrected chi connectivity index (χ2v) is 4.71. The normalized spacial score (nSPS) is 13.5. The Kier molecular flexibility index (Phi) is 6.59. The Morgan fingerprint density at radius 3 is 2.38 bits per heavy atom. The van der Waals surface area contributed by atoms with Crippen molar-refractivity contribution < 1.29 is 41.0 Å². The first-order chi connectivity index (χ1) is 11.9. The number of hydrazone groups is 1. The number of nitrogens with zero attached hydrogens (tertiary/aromatic N) is 2. The maximum atomic E-state index is 12.9. The first-order valence-corrected chi connectivity index (χ1v) is 6.88. The third-order valence-corrected chi connectivity index (χ3v) is 2.77. The number of pyridine rings is 1. The van der Waals surface area contributed by atoms with E-state index < -0.39 is 46.6 Å². The molecule has 1 aromatic rings. The standard InChI is InChI=1S/C14H13F6N3O3/c1-3-26-12(25)9(7(2)24)6-22-23-11-10(14(18,19)20)4-8(5-21-11)13(15,16)17/h4-6,24H,3H2,1-2H3,(H,21,23)/b9-7+,22-6+. The number of aromatic nitrogens is 1. The number of rotatable bonds is 5. The first-order valence-electron chi connectivity index (χ1n) is 6.88. The van der Waals surface area contributed by atoms with Crippen LogP contribution in [-0.2, 0) is 21.9 Å². The number of halogens is 6. The van der Waals surface area contributed by atoms with E-state index in [4.69, 9.17) is 0 Å². The molecule has 1 heterocycles. The highest BCUT2D eigenvalue weighted by Gasteiger charge is 2.39. The molecule has 1 rings (SSSR count). The lowest BCUT2D eigenvalue weighted by molar-refractivity contribution is -0.143. The zero-order valence-electron chi connectivity index (χ0n) is 13.4. The number of ether oxygens (including phenoxy) is 1. The number of aliphatic hydroxyl groups excluding tert-OH is 1. The number of nitrogens with one attached hydrogen (secondary N) is 1. The molecule has 0 amide bonds. The molecular formula is C14H13F6N3O3. The van der Waals surface area contributed by atoms with Crippen molar-refractivity contribution in [3.05, 3.63) is 34.7 Å². The van der Waals surface area contributed by atoms with Gasteiger partial charge in [-0.2, -0.15) is 31.4 Å². The zero-order chi connectivity index (χ0) is 20.1. The number of aliphatic hydroxyl groups is 1. The van der Waals surface area contributed by atoms with Crippen LogP contribution in [0.4, 0.5) is 32.2 Å². The molecular weight excluding hydrogens is 372 g/mol. The van der Waals surface area contributed by atoms with Gasteiger partial charge in [0, 0.05) is 6.20 Å². The molecule has 0 spiro atoms. The molecule has 6 nitrogen and oxygen atoms in total. The van der Waals surface area contributed by atoms with Crippen LogP contribution in [0.5, 0.6) is 0 Å². The lowest BCUT2D eigenvalue weighted by atomic mass is 10.1. The van der Waals surface area contributed by atoms with Crippen molar-refractivity contribution in [1.29, 1.82) is 0 Å². The first kappa shape index (κ1) is 21.3. The van der Waals surface area contributed by atoms with Crippen LogP contribution >= 0.6 is 0 Å². The molecule has 0 aromatic carbocycles. The van der Waals surface area contributed by atoms with E-state index >= 15 is 0 Å². The van der Waals surface area contributed by atoms with Gasteiger partial charge in [-0.05, 0) is 19.9 Å². The highest BCUT2D eigenvalue weighted by molar-refractivity contribution is 6.09. The molecule has 0 aliphatic carbocycles. The van der Waals surface area contributed by atoms with Crippen molar-refractivity contribution in [2.75, 3.05) is 12.0 Å². The number of anilines is 1. The molecule has 0 bridgehead atoms. The van der Waals surface area contributed by atoms with Crippen LogP contribution in [0.3, 0.4) is 0 Å². The fraction of sp³-hybridized carbons (Fsp3) is 0.357. The summed E-state index contributed by atoms with van der Waals surface area (Å²) in [7, 11) is 0. The zero-order valence-corrected chi connectivity index (χ0v) is 13.4. The number of hydrogen-bond donors (Lipinski definition) is 2. The predicted octanol–water partition coefficient (Wildman–Crippen LogP) is 3.91. The molecule has 1 aromatic heterocycles. The summed E-state index contributed by atoms with van der Waals surface area (Å²) in [5.41, 5.74) is -1.95. The maximum absolute atomic E-state index is 12.9. The molecule has 0 unspecified atom stereocenters.